The Morgan fingerprint density at radius 2 is 1.75 bits per heavy atom. The van der Waals surface area contributed by atoms with Crippen molar-refractivity contribution in [3.05, 3.63) is 95.6 Å². The first-order valence-corrected chi connectivity index (χ1v) is 12.0. The van der Waals surface area contributed by atoms with Crippen LogP contribution < -0.4 is 14.9 Å². The van der Waals surface area contributed by atoms with Crippen LogP contribution in [-0.2, 0) is 4.79 Å². The van der Waals surface area contributed by atoms with E-state index in [0.29, 0.717) is 17.4 Å². The van der Waals surface area contributed by atoms with Gasteiger partial charge in [0.15, 0.2) is 6.10 Å². The zero-order valence-electron chi connectivity index (χ0n) is 20.1. The third kappa shape index (κ3) is 6.52. The molecule has 1 amide bonds. The Hall–Kier alpha value is -4.10. The molecule has 0 aliphatic heterocycles. The van der Waals surface area contributed by atoms with Crippen molar-refractivity contribution in [2.75, 3.05) is 6.61 Å². The summed E-state index contributed by atoms with van der Waals surface area (Å²) in [6.45, 7) is 4.39. The lowest BCUT2D eigenvalue weighted by atomic mass is 10.1. The number of hydrogen-bond donors (Lipinski definition) is 1. The summed E-state index contributed by atoms with van der Waals surface area (Å²) in [7, 11) is 0. The number of benzene rings is 3. The molecule has 36 heavy (non-hydrogen) atoms. The van der Waals surface area contributed by atoms with E-state index >= 15 is 0 Å². The predicted molar refractivity (Wildman–Crippen MR) is 142 cm³/mol. The molecule has 8 heteroatoms. The van der Waals surface area contributed by atoms with Crippen LogP contribution >= 0.6 is 11.6 Å². The molecule has 0 bridgehead atoms. The Morgan fingerprint density at radius 3 is 2.44 bits per heavy atom. The van der Waals surface area contributed by atoms with Crippen LogP contribution in [0.2, 0.25) is 5.02 Å². The van der Waals surface area contributed by atoms with E-state index < -0.39 is 6.10 Å². The van der Waals surface area contributed by atoms with Gasteiger partial charge in [0.1, 0.15) is 17.2 Å². The van der Waals surface area contributed by atoms with E-state index in [0.717, 1.165) is 34.7 Å². The van der Waals surface area contributed by atoms with Crippen molar-refractivity contribution < 1.29 is 14.3 Å². The zero-order chi connectivity index (χ0) is 25.3. The second kappa shape index (κ2) is 12.0. The maximum atomic E-state index is 12.5. The third-order valence-corrected chi connectivity index (χ3v) is 5.49. The fourth-order valence-electron chi connectivity index (χ4n) is 3.38. The summed E-state index contributed by atoms with van der Waals surface area (Å²) in [5.41, 5.74) is 5.83. The second-order valence-corrected chi connectivity index (χ2v) is 8.47. The largest absolute Gasteiger partial charge is 0.494 e. The summed E-state index contributed by atoms with van der Waals surface area (Å²) in [5.74, 6) is 0.972. The topological polar surface area (TPSA) is 77.7 Å². The average Bonchev–Trinajstić information content (AvgIpc) is 3.33. The number of halogens is 1. The van der Waals surface area contributed by atoms with E-state index in [1.165, 1.54) is 0 Å². The first-order chi connectivity index (χ1) is 17.5. The highest BCUT2D eigenvalue weighted by molar-refractivity contribution is 6.30. The minimum Gasteiger partial charge on any atom is -0.494 e. The Bertz CT molecular complexity index is 1300. The van der Waals surface area contributed by atoms with Crippen LogP contribution in [0.15, 0.2) is 90.2 Å². The van der Waals surface area contributed by atoms with Gasteiger partial charge < -0.3 is 9.47 Å². The number of carbonyl (C=O) groups is 1. The molecule has 1 N–H and O–H groups in total. The number of nitrogens with one attached hydrogen (secondary N) is 1. The van der Waals surface area contributed by atoms with Crippen LogP contribution in [0, 0.1) is 0 Å². The standard InChI is InChI=1S/C28H27ClN4O3/c1-3-17-35-25-13-9-21(10-14-25)27-22(19-33(32-27)24-7-5-4-6-8-24)18-30-31-28(34)20(2)36-26-15-11-23(29)12-16-26/h4-16,18-20H,3,17H2,1-2H3,(H,31,34). The highest BCUT2D eigenvalue weighted by Gasteiger charge is 2.15. The van der Waals surface area contributed by atoms with Gasteiger partial charge in [-0.05, 0) is 74.0 Å². The van der Waals surface area contributed by atoms with Crippen molar-refractivity contribution in [3.8, 4) is 28.4 Å². The Morgan fingerprint density at radius 1 is 1.06 bits per heavy atom. The summed E-state index contributed by atoms with van der Waals surface area (Å²) >= 11 is 5.90. The summed E-state index contributed by atoms with van der Waals surface area (Å²) in [5, 5.41) is 9.54. The molecule has 0 aliphatic carbocycles. The number of hydrazone groups is 1. The molecule has 0 saturated carbocycles. The molecule has 7 nitrogen and oxygen atoms in total. The molecule has 0 aliphatic rings. The molecule has 1 aromatic heterocycles. The van der Waals surface area contributed by atoms with Crippen LogP contribution in [0.3, 0.4) is 0 Å². The second-order valence-electron chi connectivity index (χ2n) is 8.03. The van der Waals surface area contributed by atoms with Crippen molar-refractivity contribution in [1.82, 2.24) is 15.2 Å². The fraction of sp³-hybridized carbons (Fsp3) is 0.179. The highest BCUT2D eigenvalue weighted by atomic mass is 35.5. The molecule has 184 valence electrons. The first-order valence-electron chi connectivity index (χ1n) is 11.7. The van der Waals surface area contributed by atoms with Gasteiger partial charge in [-0.3, -0.25) is 4.79 Å². The molecule has 0 radical (unpaired) electrons. The predicted octanol–water partition coefficient (Wildman–Crippen LogP) is 5.90. The normalized spacial score (nSPS) is 11.9. The lowest BCUT2D eigenvalue weighted by molar-refractivity contribution is -0.127. The molecule has 4 rings (SSSR count). The summed E-state index contributed by atoms with van der Waals surface area (Å²) in [6, 6.07) is 24.4. The highest BCUT2D eigenvalue weighted by Crippen LogP contribution is 2.25. The van der Waals surface area contributed by atoms with Gasteiger partial charge in [-0.1, -0.05) is 36.7 Å². The summed E-state index contributed by atoms with van der Waals surface area (Å²) < 4.78 is 13.1. The van der Waals surface area contributed by atoms with E-state index in [9.17, 15) is 4.79 Å². The van der Waals surface area contributed by atoms with Gasteiger partial charge in [0.2, 0.25) is 0 Å². The molecule has 1 atom stereocenters. The molecule has 1 unspecified atom stereocenters. The average molecular weight is 503 g/mol. The number of aromatic nitrogens is 2. The van der Waals surface area contributed by atoms with E-state index in [1.807, 2.05) is 60.8 Å². The van der Waals surface area contributed by atoms with Gasteiger partial charge in [-0.2, -0.15) is 10.2 Å². The zero-order valence-corrected chi connectivity index (χ0v) is 20.9. The number of amides is 1. The van der Waals surface area contributed by atoms with Gasteiger partial charge >= 0.3 is 0 Å². The number of hydrogen-bond acceptors (Lipinski definition) is 5. The quantitative estimate of drug-likeness (QED) is 0.216. The van der Waals surface area contributed by atoms with Crippen LogP contribution in [0.5, 0.6) is 11.5 Å². The van der Waals surface area contributed by atoms with Gasteiger partial charge in [-0.15, -0.1) is 0 Å². The summed E-state index contributed by atoms with van der Waals surface area (Å²) in [4.78, 5) is 12.5. The lowest BCUT2D eigenvalue weighted by Crippen LogP contribution is -2.33. The lowest BCUT2D eigenvalue weighted by Gasteiger charge is -2.12. The molecule has 3 aromatic carbocycles. The van der Waals surface area contributed by atoms with Gasteiger partial charge in [-0.25, -0.2) is 10.1 Å². The SMILES string of the molecule is CCCOc1ccc(-c2nn(-c3ccccc3)cc2C=NNC(=O)C(C)Oc2ccc(Cl)cc2)cc1. The van der Waals surface area contributed by atoms with Gasteiger partial charge in [0.05, 0.1) is 18.5 Å². The maximum Gasteiger partial charge on any atom is 0.280 e. The van der Waals surface area contributed by atoms with Crippen LogP contribution in [0.4, 0.5) is 0 Å². The molecular weight excluding hydrogens is 476 g/mol. The minimum absolute atomic E-state index is 0.379. The van der Waals surface area contributed by atoms with Crippen molar-refractivity contribution in [3.63, 3.8) is 0 Å². The Kier molecular flexibility index (Phi) is 8.36. The minimum atomic E-state index is -0.745. The molecule has 0 spiro atoms. The van der Waals surface area contributed by atoms with Crippen LogP contribution in [-0.4, -0.2) is 34.6 Å². The number of ether oxygens (including phenoxy) is 2. The molecule has 1 heterocycles. The monoisotopic (exact) mass is 502 g/mol. The Labute approximate surface area is 215 Å². The van der Waals surface area contributed by atoms with E-state index in [2.05, 4.69) is 17.5 Å². The van der Waals surface area contributed by atoms with E-state index in [1.54, 1.807) is 42.1 Å². The molecular formula is C28H27ClN4O3. The molecule has 0 fully saturated rings. The van der Waals surface area contributed by atoms with Gasteiger partial charge in [0, 0.05) is 22.3 Å². The number of rotatable bonds is 10. The molecule has 4 aromatic rings. The van der Waals surface area contributed by atoms with E-state index in [4.69, 9.17) is 26.2 Å². The van der Waals surface area contributed by atoms with Crippen molar-refractivity contribution in [1.29, 1.82) is 0 Å². The summed E-state index contributed by atoms with van der Waals surface area (Å²) in [6.07, 6.45) is 3.65. The number of para-hydroxylation sites is 1. The number of carbonyl (C=O) groups excluding carboxylic acids is 1. The fourth-order valence-corrected chi connectivity index (χ4v) is 3.50. The molecule has 0 saturated heterocycles. The van der Waals surface area contributed by atoms with Crippen molar-refractivity contribution >= 4 is 23.7 Å². The van der Waals surface area contributed by atoms with Crippen molar-refractivity contribution in [2.24, 2.45) is 5.10 Å². The Balaban J connectivity index is 1.51. The maximum absolute atomic E-state index is 12.5. The smallest absolute Gasteiger partial charge is 0.280 e. The van der Waals surface area contributed by atoms with Gasteiger partial charge in [0.25, 0.3) is 5.91 Å². The third-order valence-electron chi connectivity index (χ3n) is 5.24. The van der Waals surface area contributed by atoms with Crippen LogP contribution in [0.25, 0.3) is 16.9 Å². The first kappa shape index (κ1) is 25.0. The van der Waals surface area contributed by atoms with Crippen LogP contribution in [0.1, 0.15) is 25.8 Å². The van der Waals surface area contributed by atoms with Crippen molar-refractivity contribution in [2.45, 2.75) is 26.4 Å². The van der Waals surface area contributed by atoms with E-state index in [-0.39, 0.29) is 5.91 Å². The number of nitrogens with zero attached hydrogens (tertiary/aromatic N) is 3.